The number of ether oxygens (including phenoxy) is 2. The second-order valence-electron chi connectivity index (χ2n) is 3.94. The molecule has 0 aliphatic carbocycles. The smallest absolute Gasteiger partial charge is 0.344 e. The van der Waals surface area contributed by atoms with Crippen LogP contribution >= 0.6 is 0 Å². The second-order valence-corrected chi connectivity index (χ2v) is 3.94. The zero-order chi connectivity index (χ0) is 13.1. The third kappa shape index (κ3) is 2.95. The van der Waals surface area contributed by atoms with Gasteiger partial charge in [0.25, 0.3) is 0 Å². The molecule has 0 bridgehead atoms. The zero-order valence-electron chi connectivity index (χ0n) is 9.59. The molecule has 1 heterocycles. The molecule has 0 amide bonds. The SMILES string of the molecule is C=C(CC1CO1)OC(=O)c1ccccc1C(=O)O. The van der Waals surface area contributed by atoms with E-state index in [-0.39, 0.29) is 23.0 Å². The summed E-state index contributed by atoms with van der Waals surface area (Å²) in [5.41, 5.74) is -0.0687. The number of rotatable bonds is 5. The van der Waals surface area contributed by atoms with E-state index >= 15 is 0 Å². The van der Waals surface area contributed by atoms with Crippen LogP contribution in [0.2, 0.25) is 0 Å². The van der Waals surface area contributed by atoms with Gasteiger partial charge in [0.05, 0.1) is 23.8 Å². The van der Waals surface area contributed by atoms with E-state index < -0.39 is 11.9 Å². The number of carboxylic acids is 1. The maximum atomic E-state index is 11.8. The van der Waals surface area contributed by atoms with Gasteiger partial charge in [-0.05, 0) is 12.1 Å². The molecule has 0 aromatic heterocycles. The molecule has 5 heteroatoms. The van der Waals surface area contributed by atoms with E-state index in [1.165, 1.54) is 12.1 Å². The van der Waals surface area contributed by atoms with Crippen molar-refractivity contribution in [3.05, 3.63) is 47.7 Å². The topological polar surface area (TPSA) is 76.1 Å². The first-order valence-electron chi connectivity index (χ1n) is 5.42. The Morgan fingerprint density at radius 3 is 2.56 bits per heavy atom. The largest absolute Gasteiger partial charge is 0.478 e. The normalized spacial score (nSPS) is 17.0. The van der Waals surface area contributed by atoms with E-state index in [4.69, 9.17) is 14.6 Å². The van der Waals surface area contributed by atoms with Gasteiger partial charge in [-0.25, -0.2) is 9.59 Å². The third-order valence-corrected chi connectivity index (χ3v) is 2.47. The van der Waals surface area contributed by atoms with Crippen LogP contribution in [0.3, 0.4) is 0 Å². The fourth-order valence-corrected chi connectivity index (χ4v) is 1.52. The van der Waals surface area contributed by atoms with Crippen molar-refractivity contribution in [2.24, 2.45) is 0 Å². The molecule has 0 radical (unpaired) electrons. The van der Waals surface area contributed by atoms with Gasteiger partial charge >= 0.3 is 11.9 Å². The van der Waals surface area contributed by atoms with E-state index in [9.17, 15) is 9.59 Å². The minimum atomic E-state index is -1.17. The number of benzene rings is 1. The van der Waals surface area contributed by atoms with Gasteiger partial charge in [0.2, 0.25) is 0 Å². The lowest BCUT2D eigenvalue weighted by Gasteiger charge is -2.07. The molecule has 1 fully saturated rings. The molecule has 0 saturated carbocycles. The number of carboxylic acid groups (broad SMARTS) is 1. The highest BCUT2D eigenvalue weighted by molar-refractivity contribution is 6.02. The van der Waals surface area contributed by atoms with Crippen LogP contribution < -0.4 is 0 Å². The summed E-state index contributed by atoms with van der Waals surface area (Å²) in [7, 11) is 0. The first kappa shape index (κ1) is 12.3. The minimum absolute atomic E-state index is 0.0165. The summed E-state index contributed by atoms with van der Waals surface area (Å²) in [5, 5.41) is 8.95. The Bertz CT molecular complexity index is 502. The molecular weight excluding hydrogens is 236 g/mol. The Morgan fingerprint density at radius 1 is 1.39 bits per heavy atom. The van der Waals surface area contributed by atoms with Crippen molar-refractivity contribution in [1.29, 1.82) is 0 Å². The summed E-state index contributed by atoms with van der Waals surface area (Å²) >= 11 is 0. The fraction of sp³-hybridized carbons (Fsp3) is 0.231. The Balaban J connectivity index is 2.07. The predicted molar refractivity (Wildman–Crippen MR) is 62.3 cm³/mol. The van der Waals surface area contributed by atoms with Gasteiger partial charge in [-0.2, -0.15) is 0 Å². The highest BCUT2D eigenvalue weighted by Gasteiger charge is 2.25. The lowest BCUT2D eigenvalue weighted by molar-refractivity contribution is 0.0592. The second kappa shape index (κ2) is 5.01. The Labute approximate surface area is 104 Å². The quantitative estimate of drug-likeness (QED) is 0.489. The van der Waals surface area contributed by atoms with Crippen LogP contribution in [0.5, 0.6) is 0 Å². The van der Waals surface area contributed by atoms with Crippen molar-refractivity contribution in [3.63, 3.8) is 0 Å². The number of carbonyl (C=O) groups excluding carboxylic acids is 1. The summed E-state index contributed by atoms with van der Waals surface area (Å²) < 4.78 is 9.98. The first-order valence-corrected chi connectivity index (χ1v) is 5.42. The molecule has 1 atom stereocenters. The van der Waals surface area contributed by atoms with Crippen molar-refractivity contribution in [2.75, 3.05) is 6.61 Å². The van der Waals surface area contributed by atoms with Crippen molar-refractivity contribution in [1.82, 2.24) is 0 Å². The number of hydrogen-bond donors (Lipinski definition) is 1. The standard InChI is InChI=1S/C13H12O5/c1-8(6-9-7-17-9)18-13(16)11-5-3-2-4-10(11)12(14)15/h2-5,9H,1,6-7H2,(H,14,15). The number of hydrogen-bond acceptors (Lipinski definition) is 4. The molecule has 1 saturated heterocycles. The summed E-state index contributed by atoms with van der Waals surface area (Å²) in [6, 6.07) is 5.89. The Morgan fingerprint density at radius 2 is 2.00 bits per heavy atom. The molecule has 1 unspecified atom stereocenters. The molecule has 1 N–H and O–H groups in total. The van der Waals surface area contributed by atoms with Crippen LogP contribution in [-0.4, -0.2) is 29.8 Å². The van der Waals surface area contributed by atoms with E-state index in [0.717, 1.165) is 0 Å². The number of aromatic carboxylic acids is 1. The highest BCUT2D eigenvalue weighted by Crippen LogP contribution is 2.20. The lowest BCUT2D eigenvalue weighted by atomic mass is 10.1. The maximum absolute atomic E-state index is 11.8. The van der Waals surface area contributed by atoms with Gasteiger partial charge < -0.3 is 14.6 Å². The van der Waals surface area contributed by atoms with Crippen LogP contribution in [-0.2, 0) is 9.47 Å². The molecule has 1 aliphatic rings. The minimum Gasteiger partial charge on any atom is -0.478 e. The van der Waals surface area contributed by atoms with Crippen LogP contribution in [0.1, 0.15) is 27.1 Å². The van der Waals surface area contributed by atoms with Crippen LogP contribution in [0.15, 0.2) is 36.6 Å². The molecule has 1 aromatic carbocycles. The van der Waals surface area contributed by atoms with Crippen LogP contribution in [0, 0.1) is 0 Å². The summed E-state index contributed by atoms with van der Waals surface area (Å²) in [4.78, 5) is 22.7. The average Bonchev–Trinajstić information content (AvgIpc) is 3.12. The average molecular weight is 248 g/mol. The Kier molecular flexibility index (Phi) is 3.43. The number of carbonyl (C=O) groups is 2. The van der Waals surface area contributed by atoms with Crippen LogP contribution in [0.25, 0.3) is 0 Å². The summed E-state index contributed by atoms with van der Waals surface area (Å²) in [6.45, 7) is 4.25. The van der Waals surface area contributed by atoms with Crippen molar-refractivity contribution in [3.8, 4) is 0 Å². The molecule has 1 aliphatic heterocycles. The molecule has 5 nitrogen and oxygen atoms in total. The van der Waals surface area contributed by atoms with E-state index in [0.29, 0.717) is 13.0 Å². The first-order chi connectivity index (χ1) is 8.58. The monoisotopic (exact) mass is 248 g/mol. The molecular formula is C13H12O5. The number of epoxide rings is 1. The van der Waals surface area contributed by atoms with Crippen molar-refractivity contribution < 1.29 is 24.2 Å². The molecule has 2 rings (SSSR count). The predicted octanol–water partition coefficient (Wildman–Crippen LogP) is 1.84. The van der Waals surface area contributed by atoms with E-state index in [2.05, 4.69) is 6.58 Å². The fourth-order valence-electron chi connectivity index (χ4n) is 1.52. The van der Waals surface area contributed by atoms with Gasteiger partial charge in [-0.1, -0.05) is 18.7 Å². The van der Waals surface area contributed by atoms with Gasteiger partial charge in [0, 0.05) is 6.42 Å². The van der Waals surface area contributed by atoms with E-state index in [1.807, 2.05) is 0 Å². The van der Waals surface area contributed by atoms with Gasteiger partial charge in [-0.3, -0.25) is 0 Å². The third-order valence-electron chi connectivity index (χ3n) is 2.47. The van der Waals surface area contributed by atoms with Gasteiger partial charge in [0.1, 0.15) is 5.76 Å². The Hall–Kier alpha value is -2.14. The highest BCUT2D eigenvalue weighted by atomic mass is 16.6. The van der Waals surface area contributed by atoms with Crippen molar-refractivity contribution in [2.45, 2.75) is 12.5 Å². The molecule has 0 spiro atoms. The van der Waals surface area contributed by atoms with Crippen LogP contribution in [0.4, 0.5) is 0 Å². The van der Waals surface area contributed by atoms with Crippen molar-refractivity contribution >= 4 is 11.9 Å². The van der Waals surface area contributed by atoms with Gasteiger partial charge in [0.15, 0.2) is 0 Å². The number of esters is 1. The summed E-state index contributed by atoms with van der Waals surface area (Å²) in [6.07, 6.45) is 0.515. The van der Waals surface area contributed by atoms with Gasteiger partial charge in [-0.15, -0.1) is 0 Å². The molecule has 1 aromatic rings. The zero-order valence-corrected chi connectivity index (χ0v) is 9.59. The summed E-state index contributed by atoms with van der Waals surface area (Å²) in [5.74, 6) is -1.60. The maximum Gasteiger partial charge on any atom is 0.344 e. The van der Waals surface area contributed by atoms with E-state index in [1.54, 1.807) is 12.1 Å². The molecule has 18 heavy (non-hydrogen) atoms. The lowest BCUT2D eigenvalue weighted by Crippen LogP contribution is -2.11. The molecule has 94 valence electrons.